The molecule has 3 rings (SSSR count). The number of carbonyl (C=O) groups is 2. The molecule has 0 aliphatic heterocycles. The summed E-state index contributed by atoms with van der Waals surface area (Å²) in [5.74, 6) is -0.750. The minimum Gasteiger partial charge on any atom is -0.366 e. The van der Waals surface area contributed by atoms with Crippen LogP contribution in [0.25, 0.3) is 22.0 Å². The fourth-order valence-corrected chi connectivity index (χ4v) is 3.88. The van der Waals surface area contributed by atoms with Gasteiger partial charge in [-0.2, -0.15) is 13.2 Å². The molecule has 3 aromatic rings. The maximum Gasteiger partial charge on any atom is 0.416 e. The van der Waals surface area contributed by atoms with Gasteiger partial charge in [-0.15, -0.1) is 11.3 Å². The second kappa shape index (κ2) is 8.31. The Balaban J connectivity index is 1.94. The van der Waals surface area contributed by atoms with Crippen LogP contribution in [-0.2, 0) is 17.5 Å². The summed E-state index contributed by atoms with van der Waals surface area (Å²) in [6, 6.07) is 6.42. The molecule has 2 aromatic heterocycles. The molecule has 0 bridgehead atoms. The van der Waals surface area contributed by atoms with Gasteiger partial charge < -0.3 is 15.6 Å². The number of nitrogens with zero attached hydrogens (tertiary/aromatic N) is 2. The lowest BCUT2D eigenvalue weighted by Gasteiger charge is -2.11. The Morgan fingerprint density at radius 3 is 2.47 bits per heavy atom. The van der Waals surface area contributed by atoms with E-state index < -0.39 is 17.6 Å². The lowest BCUT2D eigenvalue weighted by atomic mass is 10.1. The van der Waals surface area contributed by atoms with E-state index in [2.05, 4.69) is 10.3 Å². The first-order valence-corrected chi connectivity index (χ1v) is 9.83. The van der Waals surface area contributed by atoms with Crippen molar-refractivity contribution in [2.45, 2.75) is 26.6 Å². The molecule has 158 valence electrons. The SMILES string of the molecule is CC(=O)NCCn1c(-c2csc(-c3ccc(C(F)(F)F)cc3)n2)cc(C(N)=O)c1C. The number of nitrogens with one attached hydrogen (secondary N) is 1. The maximum atomic E-state index is 12.8. The van der Waals surface area contributed by atoms with Crippen LogP contribution < -0.4 is 11.1 Å². The Morgan fingerprint density at radius 1 is 1.23 bits per heavy atom. The lowest BCUT2D eigenvalue weighted by molar-refractivity contribution is -0.137. The average molecular weight is 436 g/mol. The number of amides is 2. The van der Waals surface area contributed by atoms with E-state index in [4.69, 9.17) is 5.73 Å². The van der Waals surface area contributed by atoms with Crippen molar-refractivity contribution in [2.75, 3.05) is 6.54 Å². The Morgan fingerprint density at radius 2 is 1.90 bits per heavy atom. The van der Waals surface area contributed by atoms with Gasteiger partial charge in [-0.1, -0.05) is 12.1 Å². The molecule has 6 nitrogen and oxygen atoms in total. The lowest BCUT2D eigenvalue weighted by Crippen LogP contribution is -2.25. The molecule has 2 amide bonds. The molecule has 0 saturated heterocycles. The summed E-state index contributed by atoms with van der Waals surface area (Å²) < 4.78 is 40.1. The number of primary amides is 1. The van der Waals surface area contributed by atoms with Crippen molar-refractivity contribution in [1.82, 2.24) is 14.9 Å². The third-order valence-electron chi connectivity index (χ3n) is 4.57. The van der Waals surface area contributed by atoms with Gasteiger partial charge in [0.2, 0.25) is 5.91 Å². The van der Waals surface area contributed by atoms with E-state index in [0.29, 0.717) is 46.3 Å². The first kappa shape index (κ1) is 21.6. The quantitative estimate of drug-likeness (QED) is 0.615. The van der Waals surface area contributed by atoms with Gasteiger partial charge in [0.1, 0.15) is 5.01 Å². The number of nitrogens with two attached hydrogens (primary N) is 1. The third-order valence-corrected chi connectivity index (χ3v) is 5.46. The van der Waals surface area contributed by atoms with Gasteiger partial charge in [0.05, 0.1) is 22.5 Å². The average Bonchev–Trinajstić information content (AvgIpc) is 3.26. The molecule has 0 radical (unpaired) electrons. The Hall–Kier alpha value is -3.14. The molecule has 0 saturated carbocycles. The minimum atomic E-state index is -4.40. The van der Waals surface area contributed by atoms with Crippen LogP contribution in [-0.4, -0.2) is 27.9 Å². The molecule has 1 aromatic carbocycles. The largest absolute Gasteiger partial charge is 0.416 e. The summed E-state index contributed by atoms with van der Waals surface area (Å²) in [5, 5.41) is 5.01. The number of carbonyl (C=O) groups excluding carboxylic acids is 2. The predicted octanol–water partition coefficient (Wildman–Crippen LogP) is 3.84. The monoisotopic (exact) mass is 436 g/mol. The van der Waals surface area contributed by atoms with Crippen LogP contribution in [0, 0.1) is 6.92 Å². The molecular weight excluding hydrogens is 417 g/mol. The summed E-state index contributed by atoms with van der Waals surface area (Å²) in [5.41, 5.74) is 7.49. The number of hydrogen-bond donors (Lipinski definition) is 2. The Labute approximate surface area is 174 Å². The highest BCUT2D eigenvalue weighted by atomic mass is 32.1. The van der Waals surface area contributed by atoms with E-state index in [1.807, 2.05) is 4.57 Å². The number of hydrogen-bond acceptors (Lipinski definition) is 4. The van der Waals surface area contributed by atoms with Crippen molar-refractivity contribution in [3.63, 3.8) is 0 Å². The highest BCUT2D eigenvalue weighted by Crippen LogP contribution is 2.34. The van der Waals surface area contributed by atoms with E-state index in [0.717, 1.165) is 12.1 Å². The maximum absolute atomic E-state index is 12.8. The van der Waals surface area contributed by atoms with Gasteiger partial charge in [0.25, 0.3) is 5.91 Å². The van der Waals surface area contributed by atoms with Crippen molar-refractivity contribution < 1.29 is 22.8 Å². The highest BCUT2D eigenvalue weighted by molar-refractivity contribution is 7.13. The van der Waals surface area contributed by atoms with Crippen LogP contribution in [0.1, 0.15) is 28.5 Å². The van der Waals surface area contributed by atoms with Crippen molar-refractivity contribution >= 4 is 23.2 Å². The zero-order valence-corrected chi connectivity index (χ0v) is 17.0. The fourth-order valence-electron chi connectivity index (χ4n) is 3.06. The first-order valence-electron chi connectivity index (χ1n) is 8.96. The summed E-state index contributed by atoms with van der Waals surface area (Å²) in [6.07, 6.45) is -4.40. The van der Waals surface area contributed by atoms with Gasteiger partial charge in [0, 0.05) is 36.7 Å². The number of thiazole rings is 1. The second-order valence-electron chi connectivity index (χ2n) is 6.64. The summed E-state index contributed by atoms with van der Waals surface area (Å²) in [4.78, 5) is 27.5. The molecule has 3 N–H and O–H groups in total. The van der Waals surface area contributed by atoms with E-state index in [-0.39, 0.29) is 5.91 Å². The highest BCUT2D eigenvalue weighted by Gasteiger charge is 2.30. The topological polar surface area (TPSA) is 90.0 Å². The molecule has 0 spiro atoms. The standard InChI is InChI=1S/C20H19F3N4O2S/c1-11-15(18(24)29)9-17(27(11)8-7-25-12(2)28)16-10-30-19(26-16)13-3-5-14(6-4-13)20(21,22)23/h3-6,9-10H,7-8H2,1-2H3,(H2,24,29)(H,25,28). The van der Waals surface area contributed by atoms with Crippen molar-refractivity contribution in [1.29, 1.82) is 0 Å². The van der Waals surface area contributed by atoms with Crippen LogP contribution in [0.3, 0.4) is 0 Å². The number of alkyl halides is 3. The predicted molar refractivity (Wildman–Crippen MR) is 108 cm³/mol. The van der Waals surface area contributed by atoms with Crippen molar-refractivity contribution in [2.24, 2.45) is 5.73 Å². The molecule has 0 aliphatic rings. The van der Waals surface area contributed by atoms with Crippen molar-refractivity contribution in [3.05, 3.63) is 52.5 Å². The smallest absolute Gasteiger partial charge is 0.366 e. The van der Waals surface area contributed by atoms with Crippen LogP contribution in [0.2, 0.25) is 0 Å². The zero-order chi connectivity index (χ0) is 22.1. The molecule has 30 heavy (non-hydrogen) atoms. The Kier molecular flexibility index (Phi) is 5.97. The molecule has 0 atom stereocenters. The number of rotatable bonds is 6. The zero-order valence-electron chi connectivity index (χ0n) is 16.2. The first-order chi connectivity index (χ1) is 14.1. The number of benzene rings is 1. The fraction of sp³-hybridized carbons (Fsp3) is 0.250. The summed E-state index contributed by atoms with van der Waals surface area (Å²) in [7, 11) is 0. The molecule has 2 heterocycles. The van der Waals surface area contributed by atoms with Gasteiger partial charge in [-0.05, 0) is 25.1 Å². The van der Waals surface area contributed by atoms with Gasteiger partial charge in [0.15, 0.2) is 0 Å². The molecule has 0 unspecified atom stereocenters. The van der Waals surface area contributed by atoms with Crippen LogP contribution >= 0.6 is 11.3 Å². The number of aromatic nitrogens is 2. The third kappa shape index (κ3) is 4.54. The van der Waals surface area contributed by atoms with Gasteiger partial charge in [-0.3, -0.25) is 9.59 Å². The number of halogens is 3. The summed E-state index contributed by atoms with van der Waals surface area (Å²) >= 11 is 1.28. The van der Waals surface area contributed by atoms with Crippen LogP contribution in [0.4, 0.5) is 13.2 Å². The second-order valence-corrected chi connectivity index (χ2v) is 7.50. The van der Waals surface area contributed by atoms with E-state index in [1.165, 1.54) is 30.4 Å². The minimum absolute atomic E-state index is 0.172. The Bertz CT molecular complexity index is 1080. The molecule has 0 fully saturated rings. The van der Waals surface area contributed by atoms with Crippen LogP contribution in [0.15, 0.2) is 35.7 Å². The normalized spacial score (nSPS) is 11.5. The van der Waals surface area contributed by atoms with E-state index in [9.17, 15) is 22.8 Å². The molecule has 10 heteroatoms. The van der Waals surface area contributed by atoms with Gasteiger partial charge in [-0.25, -0.2) is 4.98 Å². The molecule has 0 aliphatic carbocycles. The summed E-state index contributed by atoms with van der Waals surface area (Å²) in [6.45, 7) is 3.92. The van der Waals surface area contributed by atoms with Crippen molar-refractivity contribution in [3.8, 4) is 22.0 Å². The van der Waals surface area contributed by atoms with E-state index in [1.54, 1.807) is 18.4 Å². The van der Waals surface area contributed by atoms with Crippen LogP contribution in [0.5, 0.6) is 0 Å². The van der Waals surface area contributed by atoms with Gasteiger partial charge >= 0.3 is 6.18 Å². The van der Waals surface area contributed by atoms with E-state index >= 15 is 0 Å². The molecular formula is C20H19F3N4O2S.